The molecule has 11 nitrogen and oxygen atoms in total. The number of rotatable bonds is 6. The van der Waals surface area contributed by atoms with Crippen LogP contribution in [-0.2, 0) is 14.3 Å². The molecule has 0 spiro atoms. The summed E-state index contributed by atoms with van der Waals surface area (Å²) in [5.74, 6) is -2.33. The molecule has 0 bridgehead atoms. The summed E-state index contributed by atoms with van der Waals surface area (Å²) in [6.45, 7) is 0.467. The third kappa shape index (κ3) is 3.69. The number of nitrogens with one attached hydrogen (secondary N) is 1. The Balaban J connectivity index is 2.45. The molecular formula is C13H18N4O7. The summed E-state index contributed by atoms with van der Waals surface area (Å²) < 4.78 is 6.53. The van der Waals surface area contributed by atoms with E-state index in [-0.39, 0.29) is 0 Å². The van der Waals surface area contributed by atoms with Crippen LogP contribution in [0.15, 0.2) is 24.2 Å². The first-order valence-corrected chi connectivity index (χ1v) is 7.06. The summed E-state index contributed by atoms with van der Waals surface area (Å²) >= 11 is 0. The summed E-state index contributed by atoms with van der Waals surface area (Å²) in [6, 6.07) is -1.79. The van der Waals surface area contributed by atoms with Gasteiger partial charge in [-0.1, -0.05) is 5.21 Å². The predicted octanol–water partition coefficient (Wildman–Crippen LogP) is -2.59. The van der Waals surface area contributed by atoms with Crippen LogP contribution >= 0.6 is 0 Å². The molecule has 2 heterocycles. The summed E-state index contributed by atoms with van der Waals surface area (Å²) in [5.41, 5.74) is 0. The van der Waals surface area contributed by atoms with Crippen molar-refractivity contribution in [2.24, 2.45) is 0 Å². The number of carbonyl (C=O) groups excluding carboxylic acids is 1. The lowest BCUT2D eigenvalue weighted by molar-refractivity contribution is -0.147. The molecule has 24 heavy (non-hydrogen) atoms. The average Bonchev–Trinajstić information content (AvgIpc) is 3.07. The molecule has 11 heteroatoms. The highest BCUT2D eigenvalue weighted by Crippen LogP contribution is 2.29. The van der Waals surface area contributed by atoms with Crippen molar-refractivity contribution >= 4 is 11.9 Å². The molecule has 5 atom stereocenters. The van der Waals surface area contributed by atoms with E-state index in [0.717, 1.165) is 0 Å². The van der Waals surface area contributed by atoms with Crippen LogP contribution in [0.5, 0.6) is 0 Å². The lowest BCUT2D eigenvalue weighted by atomic mass is 9.92. The smallest absolute Gasteiger partial charge is 0.370 e. The third-order valence-corrected chi connectivity index (χ3v) is 3.55. The molecule has 0 aliphatic carbocycles. The molecule has 2 rings (SSSR count). The zero-order valence-corrected chi connectivity index (χ0v) is 12.7. The second kappa shape index (κ2) is 7.38. The second-order valence-electron chi connectivity index (χ2n) is 5.26. The zero-order chi connectivity index (χ0) is 17.9. The Labute approximate surface area is 136 Å². The predicted molar refractivity (Wildman–Crippen MR) is 76.4 cm³/mol. The standard InChI is InChI=1S/C13H18N4O7/c1-6(19)15-10-7(17-3-2-14-16-17)4-9(13(22)23)24-12(10)11(21)8(20)5-18/h2-4,7-8,10-12,18,20-21H,5H2,1H3,(H,15,19)(H,22,23)/t7-,8+,10+,11+,12+/m0/s1. The fourth-order valence-corrected chi connectivity index (χ4v) is 2.46. The number of carbonyl (C=O) groups is 2. The van der Waals surface area contributed by atoms with Gasteiger partial charge in [0.1, 0.15) is 18.3 Å². The molecule has 0 aromatic carbocycles. The second-order valence-corrected chi connectivity index (χ2v) is 5.26. The molecule has 1 amide bonds. The molecule has 1 aromatic rings. The molecule has 0 unspecified atom stereocenters. The zero-order valence-electron chi connectivity index (χ0n) is 12.7. The Kier molecular flexibility index (Phi) is 5.49. The van der Waals surface area contributed by atoms with E-state index in [1.807, 2.05) is 0 Å². The molecule has 1 aliphatic heterocycles. The highest BCUT2D eigenvalue weighted by atomic mass is 16.5. The Morgan fingerprint density at radius 1 is 1.46 bits per heavy atom. The molecule has 5 N–H and O–H groups in total. The van der Waals surface area contributed by atoms with Crippen molar-refractivity contribution in [3.63, 3.8) is 0 Å². The first-order valence-electron chi connectivity index (χ1n) is 7.06. The maximum atomic E-state index is 11.5. The van der Waals surface area contributed by atoms with Crippen LogP contribution in [0.3, 0.4) is 0 Å². The molecule has 1 aliphatic rings. The molecule has 132 valence electrons. The van der Waals surface area contributed by atoms with Gasteiger partial charge in [0.15, 0.2) is 0 Å². The number of aromatic nitrogens is 3. The minimum Gasteiger partial charge on any atom is -0.478 e. The highest BCUT2D eigenvalue weighted by molar-refractivity contribution is 5.84. The van der Waals surface area contributed by atoms with Gasteiger partial charge in [-0.05, 0) is 6.08 Å². The van der Waals surface area contributed by atoms with Gasteiger partial charge in [-0.25, -0.2) is 9.48 Å². The largest absolute Gasteiger partial charge is 0.478 e. The van der Waals surface area contributed by atoms with Gasteiger partial charge >= 0.3 is 5.97 Å². The Bertz CT molecular complexity index is 618. The number of aliphatic carboxylic acids is 1. The van der Waals surface area contributed by atoms with Crippen molar-refractivity contribution < 1.29 is 34.8 Å². The van der Waals surface area contributed by atoms with E-state index >= 15 is 0 Å². The summed E-state index contributed by atoms with van der Waals surface area (Å²) in [7, 11) is 0. The number of hydrogen-bond donors (Lipinski definition) is 5. The summed E-state index contributed by atoms with van der Waals surface area (Å²) in [4.78, 5) is 22.8. The number of aliphatic hydroxyl groups is 3. The van der Waals surface area contributed by atoms with Gasteiger partial charge in [0.2, 0.25) is 11.7 Å². The quantitative estimate of drug-likeness (QED) is 0.372. The van der Waals surface area contributed by atoms with Gasteiger partial charge in [0.05, 0.1) is 24.9 Å². The summed E-state index contributed by atoms with van der Waals surface area (Å²) in [6.07, 6.45) is -0.542. The topological polar surface area (TPSA) is 167 Å². The number of amides is 1. The van der Waals surface area contributed by atoms with Gasteiger partial charge in [-0.2, -0.15) is 0 Å². The highest BCUT2D eigenvalue weighted by Gasteiger charge is 2.44. The molecule has 0 radical (unpaired) electrons. The van der Waals surface area contributed by atoms with Gasteiger partial charge in [0.25, 0.3) is 0 Å². The van der Waals surface area contributed by atoms with E-state index in [1.54, 1.807) is 0 Å². The van der Waals surface area contributed by atoms with E-state index < -0.39 is 54.6 Å². The van der Waals surface area contributed by atoms with E-state index in [1.165, 1.54) is 30.1 Å². The van der Waals surface area contributed by atoms with Gasteiger partial charge in [-0.3, -0.25) is 4.79 Å². The minimum absolute atomic E-state index is 0.462. The fourth-order valence-electron chi connectivity index (χ4n) is 2.46. The van der Waals surface area contributed by atoms with Crippen LogP contribution in [0.25, 0.3) is 0 Å². The van der Waals surface area contributed by atoms with E-state index in [0.29, 0.717) is 0 Å². The monoisotopic (exact) mass is 342 g/mol. The van der Waals surface area contributed by atoms with Crippen molar-refractivity contribution in [2.45, 2.75) is 37.3 Å². The Morgan fingerprint density at radius 2 is 2.17 bits per heavy atom. The van der Waals surface area contributed by atoms with Crippen LogP contribution in [0, 0.1) is 0 Å². The van der Waals surface area contributed by atoms with Crippen LogP contribution in [0.1, 0.15) is 13.0 Å². The molecule has 1 aromatic heterocycles. The van der Waals surface area contributed by atoms with E-state index in [4.69, 9.17) is 9.84 Å². The lowest BCUT2D eigenvalue weighted by Gasteiger charge is -2.39. The molecule has 0 fully saturated rings. The van der Waals surface area contributed by atoms with Crippen molar-refractivity contribution in [1.29, 1.82) is 0 Å². The maximum Gasteiger partial charge on any atom is 0.370 e. The number of ether oxygens (including phenoxy) is 1. The average molecular weight is 342 g/mol. The van der Waals surface area contributed by atoms with Crippen LogP contribution in [-0.4, -0.2) is 78.3 Å². The van der Waals surface area contributed by atoms with Crippen LogP contribution < -0.4 is 5.32 Å². The van der Waals surface area contributed by atoms with Gasteiger partial charge < -0.3 is 30.5 Å². The fraction of sp³-hybridized carbons (Fsp3) is 0.538. The number of carboxylic acid groups (broad SMARTS) is 1. The van der Waals surface area contributed by atoms with Gasteiger partial charge in [-0.15, -0.1) is 5.10 Å². The lowest BCUT2D eigenvalue weighted by Crippen LogP contribution is -2.58. The van der Waals surface area contributed by atoms with E-state index in [9.17, 15) is 24.9 Å². The normalized spacial score (nSPS) is 26.0. The first-order chi connectivity index (χ1) is 11.3. The molecule has 0 saturated heterocycles. The Hall–Kier alpha value is -2.50. The number of carboxylic acids is 1. The summed E-state index contributed by atoms with van der Waals surface area (Å²) in [5, 5.41) is 48.0. The van der Waals surface area contributed by atoms with Crippen molar-refractivity contribution in [3.8, 4) is 0 Å². The number of aliphatic hydroxyl groups excluding tert-OH is 3. The van der Waals surface area contributed by atoms with Crippen molar-refractivity contribution in [1.82, 2.24) is 20.3 Å². The minimum atomic E-state index is -1.65. The number of nitrogens with zero attached hydrogens (tertiary/aromatic N) is 3. The van der Waals surface area contributed by atoms with Crippen molar-refractivity contribution in [3.05, 3.63) is 24.2 Å². The van der Waals surface area contributed by atoms with Crippen molar-refractivity contribution in [2.75, 3.05) is 6.61 Å². The first kappa shape index (κ1) is 17.8. The maximum absolute atomic E-state index is 11.5. The van der Waals surface area contributed by atoms with Crippen LogP contribution in [0.4, 0.5) is 0 Å². The van der Waals surface area contributed by atoms with E-state index in [2.05, 4.69) is 15.6 Å². The SMILES string of the molecule is CC(=O)N[C@H]1[C@H]([C@H](O)[C@H](O)CO)OC(C(=O)O)=C[C@@H]1n1ccnn1. The number of hydrogen-bond acceptors (Lipinski definition) is 8. The van der Waals surface area contributed by atoms with Gasteiger partial charge in [0, 0.05) is 13.1 Å². The molecule has 0 saturated carbocycles. The Morgan fingerprint density at radius 3 is 2.67 bits per heavy atom. The third-order valence-electron chi connectivity index (χ3n) is 3.55. The van der Waals surface area contributed by atoms with Crippen LogP contribution in [0.2, 0.25) is 0 Å². The molecular weight excluding hydrogens is 324 g/mol.